The van der Waals surface area contributed by atoms with Crippen LogP contribution < -0.4 is 15.1 Å². The number of anilines is 1. The van der Waals surface area contributed by atoms with Crippen LogP contribution in [0.1, 0.15) is 63.9 Å². The first kappa shape index (κ1) is 18.9. The van der Waals surface area contributed by atoms with Crippen molar-refractivity contribution in [3.05, 3.63) is 23.8 Å². The third-order valence-electron chi connectivity index (χ3n) is 7.50. The van der Waals surface area contributed by atoms with E-state index in [-0.39, 0.29) is 5.91 Å². The molecule has 4 nitrogen and oxygen atoms in total. The summed E-state index contributed by atoms with van der Waals surface area (Å²) in [6.07, 6.45) is 9.61. The van der Waals surface area contributed by atoms with Crippen LogP contribution in [0.25, 0.3) is 0 Å². The standard InChI is InChI=1S/C23H35N3O/c1-17-14-20(25-23(27)15-19-7-3-4-8-19)9-10-22(17)26(13-5-6-18(26)2)21-11-12-24-16-21/h9-10,14,18-19,21,24H,3-8,11-13,15-16H2,1-2H3/p+1. The summed E-state index contributed by atoms with van der Waals surface area (Å²) in [6, 6.07) is 8.01. The number of amides is 1. The van der Waals surface area contributed by atoms with Crippen molar-refractivity contribution in [1.29, 1.82) is 0 Å². The molecule has 1 aliphatic carbocycles. The summed E-state index contributed by atoms with van der Waals surface area (Å²) in [4.78, 5) is 12.4. The van der Waals surface area contributed by atoms with Crippen LogP contribution >= 0.6 is 0 Å². The summed E-state index contributed by atoms with van der Waals surface area (Å²) in [6.45, 7) is 8.19. The monoisotopic (exact) mass is 370 g/mol. The Balaban J connectivity index is 1.52. The number of aryl methyl sites for hydroxylation is 1. The first-order chi connectivity index (χ1) is 13.1. The van der Waals surface area contributed by atoms with Gasteiger partial charge in [0.2, 0.25) is 5.91 Å². The smallest absolute Gasteiger partial charge is 0.224 e. The average molecular weight is 371 g/mol. The highest BCUT2D eigenvalue weighted by Crippen LogP contribution is 2.41. The predicted molar refractivity (Wildman–Crippen MR) is 113 cm³/mol. The summed E-state index contributed by atoms with van der Waals surface area (Å²) in [5.74, 6) is 0.784. The maximum Gasteiger partial charge on any atom is 0.224 e. The van der Waals surface area contributed by atoms with E-state index in [0.29, 0.717) is 24.4 Å². The lowest BCUT2D eigenvalue weighted by Gasteiger charge is -2.44. The van der Waals surface area contributed by atoms with Crippen molar-refractivity contribution in [2.24, 2.45) is 5.92 Å². The molecule has 3 fully saturated rings. The van der Waals surface area contributed by atoms with Crippen molar-refractivity contribution >= 4 is 17.3 Å². The third kappa shape index (κ3) is 3.66. The number of rotatable bonds is 5. The fourth-order valence-corrected chi connectivity index (χ4v) is 6.12. The van der Waals surface area contributed by atoms with Crippen LogP contribution in [0.15, 0.2) is 18.2 Å². The number of carbonyl (C=O) groups excluding carboxylic acids is 1. The minimum atomic E-state index is 0.187. The second kappa shape index (κ2) is 7.92. The Labute approximate surface area is 164 Å². The lowest BCUT2D eigenvalue weighted by Crippen LogP contribution is -2.60. The Bertz CT molecular complexity index is 676. The van der Waals surface area contributed by atoms with E-state index >= 15 is 0 Å². The summed E-state index contributed by atoms with van der Waals surface area (Å²) in [5.41, 5.74) is 3.77. The zero-order chi connectivity index (χ0) is 18.9. The van der Waals surface area contributed by atoms with Crippen LogP contribution in [0.4, 0.5) is 11.4 Å². The summed E-state index contributed by atoms with van der Waals surface area (Å²) < 4.78 is 1.13. The lowest BCUT2D eigenvalue weighted by atomic mass is 10.0. The van der Waals surface area contributed by atoms with Gasteiger partial charge in [0.05, 0.1) is 12.6 Å². The van der Waals surface area contributed by atoms with Gasteiger partial charge < -0.3 is 10.6 Å². The molecule has 0 spiro atoms. The second-order valence-electron chi connectivity index (χ2n) is 9.20. The van der Waals surface area contributed by atoms with E-state index in [2.05, 4.69) is 42.7 Å². The SMILES string of the molecule is Cc1cc(NC(=O)CC2CCCC2)ccc1[N+]1(C2CCNC2)CCCC1C. The van der Waals surface area contributed by atoms with Gasteiger partial charge in [0, 0.05) is 56.1 Å². The zero-order valence-electron chi connectivity index (χ0n) is 17.1. The Morgan fingerprint density at radius 1 is 1.19 bits per heavy atom. The number of benzene rings is 1. The normalized spacial score (nSPS) is 31.5. The lowest BCUT2D eigenvalue weighted by molar-refractivity contribution is -0.117. The minimum Gasteiger partial charge on any atom is -0.326 e. The maximum absolute atomic E-state index is 12.4. The fraction of sp³-hybridized carbons (Fsp3) is 0.696. The highest BCUT2D eigenvalue weighted by atomic mass is 16.1. The van der Waals surface area contributed by atoms with Gasteiger partial charge in [0.25, 0.3) is 0 Å². The summed E-state index contributed by atoms with van der Waals surface area (Å²) in [5, 5.41) is 6.75. The molecule has 4 rings (SSSR count). The molecule has 3 atom stereocenters. The molecule has 2 aliphatic heterocycles. The van der Waals surface area contributed by atoms with Crippen LogP contribution in [0, 0.1) is 12.8 Å². The van der Waals surface area contributed by atoms with Gasteiger partial charge in [-0.1, -0.05) is 12.8 Å². The Kier molecular flexibility index (Phi) is 5.56. The predicted octanol–water partition coefficient (Wildman–Crippen LogP) is 4.37. The molecule has 2 heterocycles. The first-order valence-electron chi connectivity index (χ1n) is 11.1. The van der Waals surface area contributed by atoms with E-state index in [0.717, 1.165) is 23.3 Å². The van der Waals surface area contributed by atoms with Crippen molar-refractivity contribution in [1.82, 2.24) is 9.80 Å². The molecule has 2 N–H and O–H groups in total. The number of nitrogens with zero attached hydrogens (tertiary/aromatic N) is 1. The second-order valence-corrected chi connectivity index (χ2v) is 9.20. The Hall–Kier alpha value is -1.39. The molecule has 27 heavy (non-hydrogen) atoms. The van der Waals surface area contributed by atoms with Crippen molar-refractivity contribution < 1.29 is 4.79 Å². The molecular weight excluding hydrogens is 334 g/mol. The molecule has 1 saturated carbocycles. The quantitative estimate of drug-likeness (QED) is 0.756. The molecule has 3 unspecified atom stereocenters. The average Bonchev–Trinajstić information content (AvgIpc) is 3.37. The topological polar surface area (TPSA) is 41.1 Å². The van der Waals surface area contributed by atoms with E-state index in [4.69, 9.17) is 0 Å². The number of carbonyl (C=O) groups is 1. The molecule has 0 bridgehead atoms. The molecule has 2 saturated heterocycles. The largest absolute Gasteiger partial charge is 0.326 e. The molecule has 1 aromatic carbocycles. The van der Waals surface area contributed by atoms with Crippen LogP contribution in [-0.4, -0.2) is 37.6 Å². The van der Waals surface area contributed by atoms with Gasteiger partial charge in [-0.2, -0.15) is 0 Å². The van der Waals surface area contributed by atoms with Crippen LogP contribution in [0.2, 0.25) is 0 Å². The van der Waals surface area contributed by atoms with E-state index in [1.807, 2.05) is 0 Å². The molecule has 148 valence electrons. The highest BCUT2D eigenvalue weighted by Gasteiger charge is 2.48. The van der Waals surface area contributed by atoms with Crippen molar-refractivity contribution in [2.75, 3.05) is 25.0 Å². The Morgan fingerprint density at radius 3 is 2.63 bits per heavy atom. The van der Waals surface area contributed by atoms with E-state index < -0.39 is 0 Å². The van der Waals surface area contributed by atoms with Gasteiger partial charge in [-0.3, -0.25) is 9.28 Å². The highest BCUT2D eigenvalue weighted by molar-refractivity contribution is 5.91. The van der Waals surface area contributed by atoms with Gasteiger partial charge >= 0.3 is 0 Å². The van der Waals surface area contributed by atoms with Crippen molar-refractivity contribution in [3.8, 4) is 0 Å². The van der Waals surface area contributed by atoms with Gasteiger partial charge in [-0.25, -0.2) is 0 Å². The number of quaternary nitrogens is 1. The fourth-order valence-electron chi connectivity index (χ4n) is 6.12. The van der Waals surface area contributed by atoms with E-state index in [1.54, 1.807) is 0 Å². The minimum absolute atomic E-state index is 0.187. The summed E-state index contributed by atoms with van der Waals surface area (Å²) >= 11 is 0. The molecule has 1 amide bonds. The van der Waals surface area contributed by atoms with Crippen molar-refractivity contribution in [2.45, 2.75) is 77.3 Å². The van der Waals surface area contributed by atoms with Gasteiger partial charge in [0.1, 0.15) is 11.7 Å². The summed E-state index contributed by atoms with van der Waals surface area (Å²) in [7, 11) is 0. The van der Waals surface area contributed by atoms with Gasteiger partial charge in [0.15, 0.2) is 0 Å². The van der Waals surface area contributed by atoms with Crippen LogP contribution in [0.5, 0.6) is 0 Å². The number of hydrogen-bond donors (Lipinski definition) is 2. The van der Waals surface area contributed by atoms with E-state index in [9.17, 15) is 4.79 Å². The number of nitrogens with one attached hydrogen (secondary N) is 2. The van der Waals surface area contributed by atoms with Crippen molar-refractivity contribution in [3.63, 3.8) is 0 Å². The zero-order valence-corrected chi connectivity index (χ0v) is 17.1. The molecule has 1 aromatic rings. The van der Waals surface area contributed by atoms with Gasteiger partial charge in [-0.05, 0) is 44.7 Å². The van der Waals surface area contributed by atoms with Crippen LogP contribution in [-0.2, 0) is 4.79 Å². The first-order valence-corrected chi connectivity index (χ1v) is 11.1. The van der Waals surface area contributed by atoms with Crippen LogP contribution in [0.3, 0.4) is 0 Å². The molecular formula is C23H36N3O+. The van der Waals surface area contributed by atoms with E-state index in [1.165, 1.54) is 62.7 Å². The molecule has 4 heteroatoms. The number of likely N-dealkylation sites (tertiary alicyclic amines) is 1. The molecule has 0 aromatic heterocycles. The number of hydrogen-bond acceptors (Lipinski definition) is 2. The molecule has 3 aliphatic rings. The van der Waals surface area contributed by atoms with Gasteiger partial charge in [-0.15, -0.1) is 0 Å². The molecule has 0 radical (unpaired) electrons. The maximum atomic E-state index is 12.4. The third-order valence-corrected chi connectivity index (χ3v) is 7.50. The Morgan fingerprint density at radius 2 is 2.00 bits per heavy atom.